The second-order valence-corrected chi connectivity index (χ2v) is 5.41. The summed E-state index contributed by atoms with van der Waals surface area (Å²) in [5.74, 6) is 2.92. The lowest BCUT2D eigenvalue weighted by atomic mass is 10.1. The molecular formula is C19H25NO4. The van der Waals surface area contributed by atoms with Gasteiger partial charge in [-0.25, -0.2) is 0 Å². The molecule has 1 atom stereocenters. The van der Waals surface area contributed by atoms with Gasteiger partial charge in [0, 0.05) is 12.6 Å². The van der Waals surface area contributed by atoms with Crippen LogP contribution in [-0.4, -0.2) is 28.4 Å². The summed E-state index contributed by atoms with van der Waals surface area (Å²) in [6.45, 7) is 2.83. The topological polar surface area (TPSA) is 49.0 Å². The van der Waals surface area contributed by atoms with Crippen LogP contribution in [0.3, 0.4) is 0 Å². The molecule has 0 radical (unpaired) electrons. The molecule has 0 aliphatic rings. The Kier molecular flexibility index (Phi) is 6.32. The van der Waals surface area contributed by atoms with Crippen molar-refractivity contribution in [3.05, 3.63) is 47.5 Å². The van der Waals surface area contributed by atoms with Gasteiger partial charge < -0.3 is 24.3 Å². The van der Waals surface area contributed by atoms with E-state index >= 15 is 0 Å². The van der Waals surface area contributed by atoms with E-state index < -0.39 is 0 Å². The van der Waals surface area contributed by atoms with E-state index in [4.69, 9.17) is 18.9 Å². The normalized spacial score (nSPS) is 11.7. The molecule has 0 aliphatic heterocycles. The molecule has 1 N–H and O–H groups in total. The van der Waals surface area contributed by atoms with E-state index in [-0.39, 0.29) is 6.04 Å². The molecule has 0 saturated heterocycles. The maximum atomic E-state index is 5.36. The lowest BCUT2D eigenvalue weighted by Crippen LogP contribution is -2.18. The van der Waals surface area contributed by atoms with Gasteiger partial charge in [-0.3, -0.25) is 0 Å². The maximum absolute atomic E-state index is 5.36. The summed E-state index contributed by atoms with van der Waals surface area (Å²) in [4.78, 5) is 0. The summed E-state index contributed by atoms with van der Waals surface area (Å²) < 4.78 is 21.2. The van der Waals surface area contributed by atoms with Gasteiger partial charge in [0.2, 0.25) is 0 Å². The summed E-state index contributed by atoms with van der Waals surface area (Å²) >= 11 is 0. The summed E-state index contributed by atoms with van der Waals surface area (Å²) in [6.07, 6.45) is 0. The van der Waals surface area contributed by atoms with Gasteiger partial charge in [0.05, 0.1) is 28.4 Å². The van der Waals surface area contributed by atoms with Crippen LogP contribution in [0.2, 0.25) is 0 Å². The third-order valence-electron chi connectivity index (χ3n) is 3.97. The van der Waals surface area contributed by atoms with Crippen molar-refractivity contribution in [1.29, 1.82) is 0 Å². The SMILES string of the molecule is COc1ccc(CNC(C)c2ccc(OC)c(OC)c2)cc1OC. The molecule has 130 valence electrons. The third-order valence-corrected chi connectivity index (χ3v) is 3.97. The van der Waals surface area contributed by atoms with Crippen molar-refractivity contribution in [2.24, 2.45) is 0 Å². The van der Waals surface area contributed by atoms with Crippen LogP contribution in [0.15, 0.2) is 36.4 Å². The first kappa shape index (κ1) is 17.9. The Labute approximate surface area is 143 Å². The van der Waals surface area contributed by atoms with E-state index in [1.54, 1.807) is 28.4 Å². The van der Waals surface area contributed by atoms with E-state index in [1.807, 2.05) is 36.4 Å². The van der Waals surface area contributed by atoms with Gasteiger partial charge in [-0.05, 0) is 42.3 Å². The molecule has 0 saturated carbocycles. The van der Waals surface area contributed by atoms with Gasteiger partial charge in [0.25, 0.3) is 0 Å². The number of benzene rings is 2. The number of nitrogens with one attached hydrogen (secondary N) is 1. The zero-order chi connectivity index (χ0) is 17.5. The molecule has 5 nitrogen and oxygen atoms in total. The highest BCUT2D eigenvalue weighted by Crippen LogP contribution is 2.30. The lowest BCUT2D eigenvalue weighted by Gasteiger charge is -2.17. The van der Waals surface area contributed by atoms with Crippen LogP contribution in [0.25, 0.3) is 0 Å². The first-order valence-electron chi connectivity index (χ1n) is 7.79. The van der Waals surface area contributed by atoms with Crippen LogP contribution >= 0.6 is 0 Å². The Morgan fingerprint density at radius 3 is 1.88 bits per heavy atom. The third kappa shape index (κ3) is 4.11. The van der Waals surface area contributed by atoms with Gasteiger partial charge in [0.1, 0.15) is 0 Å². The Bertz CT molecular complexity index is 672. The Morgan fingerprint density at radius 1 is 0.750 bits per heavy atom. The van der Waals surface area contributed by atoms with Crippen molar-refractivity contribution in [2.45, 2.75) is 19.5 Å². The highest BCUT2D eigenvalue weighted by Gasteiger charge is 2.11. The smallest absolute Gasteiger partial charge is 0.161 e. The Morgan fingerprint density at radius 2 is 1.29 bits per heavy atom. The average Bonchev–Trinajstić information content (AvgIpc) is 2.64. The molecule has 2 rings (SSSR count). The first-order chi connectivity index (χ1) is 11.6. The maximum Gasteiger partial charge on any atom is 0.161 e. The van der Waals surface area contributed by atoms with Gasteiger partial charge in [-0.1, -0.05) is 12.1 Å². The van der Waals surface area contributed by atoms with E-state index in [0.717, 1.165) is 40.7 Å². The molecule has 5 heteroatoms. The molecular weight excluding hydrogens is 306 g/mol. The zero-order valence-electron chi connectivity index (χ0n) is 14.9. The standard InChI is InChI=1S/C19H25NO4/c1-13(15-7-9-17(22-3)19(11-15)24-5)20-12-14-6-8-16(21-2)18(10-14)23-4/h6-11,13,20H,12H2,1-5H3. The molecule has 0 bridgehead atoms. The molecule has 0 heterocycles. The van der Waals surface area contributed by atoms with Crippen LogP contribution < -0.4 is 24.3 Å². The van der Waals surface area contributed by atoms with Gasteiger partial charge in [-0.2, -0.15) is 0 Å². The number of methoxy groups -OCH3 is 4. The summed E-state index contributed by atoms with van der Waals surface area (Å²) in [5.41, 5.74) is 2.26. The highest BCUT2D eigenvalue weighted by molar-refractivity contribution is 5.44. The largest absolute Gasteiger partial charge is 0.493 e. The summed E-state index contributed by atoms with van der Waals surface area (Å²) in [7, 11) is 6.55. The molecule has 0 aromatic heterocycles. The van der Waals surface area contributed by atoms with Crippen LogP contribution in [0.4, 0.5) is 0 Å². The van der Waals surface area contributed by atoms with E-state index in [1.165, 1.54) is 0 Å². The minimum Gasteiger partial charge on any atom is -0.493 e. The quantitative estimate of drug-likeness (QED) is 0.801. The molecule has 1 unspecified atom stereocenters. The monoisotopic (exact) mass is 331 g/mol. The number of rotatable bonds is 8. The van der Waals surface area contributed by atoms with Crippen molar-refractivity contribution in [3.8, 4) is 23.0 Å². The molecule has 2 aromatic carbocycles. The van der Waals surface area contributed by atoms with Crippen LogP contribution in [-0.2, 0) is 6.54 Å². The van der Waals surface area contributed by atoms with Crippen molar-refractivity contribution in [1.82, 2.24) is 5.32 Å². The van der Waals surface area contributed by atoms with Crippen molar-refractivity contribution in [2.75, 3.05) is 28.4 Å². The molecule has 24 heavy (non-hydrogen) atoms. The molecule has 0 spiro atoms. The number of ether oxygens (including phenoxy) is 4. The summed E-state index contributed by atoms with van der Waals surface area (Å²) in [6, 6.07) is 12.0. The second-order valence-electron chi connectivity index (χ2n) is 5.41. The minimum absolute atomic E-state index is 0.165. The van der Waals surface area contributed by atoms with Crippen LogP contribution in [0.5, 0.6) is 23.0 Å². The average molecular weight is 331 g/mol. The van der Waals surface area contributed by atoms with Gasteiger partial charge >= 0.3 is 0 Å². The Balaban J connectivity index is 2.06. The van der Waals surface area contributed by atoms with Crippen LogP contribution in [0.1, 0.15) is 24.1 Å². The predicted molar refractivity (Wildman–Crippen MR) is 94.3 cm³/mol. The van der Waals surface area contributed by atoms with Crippen molar-refractivity contribution >= 4 is 0 Å². The molecule has 2 aromatic rings. The lowest BCUT2D eigenvalue weighted by molar-refractivity contribution is 0.353. The van der Waals surface area contributed by atoms with Gasteiger partial charge in [-0.15, -0.1) is 0 Å². The number of hydrogen-bond donors (Lipinski definition) is 1. The molecule has 0 fully saturated rings. The summed E-state index contributed by atoms with van der Waals surface area (Å²) in [5, 5.41) is 3.50. The predicted octanol–water partition coefficient (Wildman–Crippen LogP) is 3.57. The van der Waals surface area contributed by atoms with Crippen molar-refractivity contribution < 1.29 is 18.9 Å². The van der Waals surface area contributed by atoms with E-state index in [0.29, 0.717) is 0 Å². The van der Waals surface area contributed by atoms with Gasteiger partial charge in [0.15, 0.2) is 23.0 Å². The molecule has 0 aliphatic carbocycles. The van der Waals surface area contributed by atoms with E-state index in [9.17, 15) is 0 Å². The van der Waals surface area contributed by atoms with E-state index in [2.05, 4.69) is 12.2 Å². The fourth-order valence-corrected chi connectivity index (χ4v) is 2.50. The Hall–Kier alpha value is -2.40. The second kappa shape index (κ2) is 8.45. The highest BCUT2D eigenvalue weighted by atomic mass is 16.5. The number of hydrogen-bond acceptors (Lipinski definition) is 5. The first-order valence-corrected chi connectivity index (χ1v) is 7.79. The minimum atomic E-state index is 0.165. The van der Waals surface area contributed by atoms with Crippen molar-refractivity contribution in [3.63, 3.8) is 0 Å². The van der Waals surface area contributed by atoms with Crippen LogP contribution in [0, 0.1) is 0 Å². The fourth-order valence-electron chi connectivity index (χ4n) is 2.50. The fraction of sp³-hybridized carbons (Fsp3) is 0.368. The zero-order valence-corrected chi connectivity index (χ0v) is 14.9. The molecule has 0 amide bonds.